The third-order valence-corrected chi connectivity index (χ3v) is 3.89. The van der Waals surface area contributed by atoms with Crippen molar-refractivity contribution >= 4 is 23.4 Å². The van der Waals surface area contributed by atoms with E-state index in [2.05, 4.69) is 10.1 Å². The highest BCUT2D eigenvalue weighted by Crippen LogP contribution is 2.25. The normalized spacial score (nSPS) is 10.9. The number of carboxylic acid groups (broad SMARTS) is 1. The predicted molar refractivity (Wildman–Crippen MR) is 80.1 cm³/mol. The number of carbonyl (C=O) groups is 1. The Bertz CT molecular complexity index is 873. The molecule has 1 N–H and O–H groups in total. The number of rotatable bonds is 5. The third kappa shape index (κ3) is 3.01. The molecule has 0 saturated carbocycles. The summed E-state index contributed by atoms with van der Waals surface area (Å²) >= 11 is 1.47. The lowest BCUT2D eigenvalue weighted by Gasteiger charge is -1.99. The van der Waals surface area contributed by atoms with E-state index >= 15 is 0 Å². The van der Waals surface area contributed by atoms with E-state index in [-0.39, 0.29) is 18.7 Å². The van der Waals surface area contributed by atoms with Crippen molar-refractivity contribution < 1.29 is 9.90 Å². The summed E-state index contributed by atoms with van der Waals surface area (Å²) in [6.07, 6.45) is 1.26. The van der Waals surface area contributed by atoms with E-state index < -0.39 is 5.97 Å². The first-order valence-corrected chi connectivity index (χ1v) is 7.35. The average molecular weight is 316 g/mol. The fourth-order valence-corrected chi connectivity index (χ4v) is 2.72. The van der Waals surface area contributed by atoms with Gasteiger partial charge in [0.1, 0.15) is 11.4 Å². The van der Waals surface area contributed by atoms with E-state index in [4.69, 9.17) is 5.11 Å². The lowest BCUT2D eigenvalue weighted by Crippen LogP contribution is -2.22. The highest BCUT2D eigenvalue weighted by atomic mass is 32.2. The van der Waals surface area contributed by atoms with Gasteiger partial charge in [-0.15, -0.1) is 5.10 Å². The largest absolute Gasteiger partial charge is 0.481 e. The van der Waals surface area contributed by atoms with Gasteiger partial charge in [-0.05, 0) is 12.1 Å². The molecule has 3 aromatic rings. The monoisotopic (exact) mass is 316 g/mol. The minimum absolute atomic E-state index is 0.0387. The molecule has 7 nitrogen and oxygen atoms in total. The molecular weight excluding hydrogens is 304 g/mol. The Kier molecular flexibility index (Phi) is 3.92. The van der Waals surface area contributed by atoms with Gasteiger partial charge in [-0.3, -0.25) is 4.79 Å². The number of carboxylic acids is 1. The number of benzene rings is 1. The fraction of sp³-hybridized carbons (Fsp3) is 0.143. The number of aliphatic carboxylic acids is 1. The Balaban J connectivity index is 1.90. The van der Waals surface area contributed by atoms with Crippen LogP contribution in [0.2, 0.25) is 0 Å². The summed E-state index contributed by atoms with van der Waals surface area (Å²) in [5.74, 6) is -0.970. The third-order valence-electron chi connectivity index (χ3n) is 2.95. The molecule has 0 spiro atoms. The smallest absolute Gasteiger partial charge is 0.351 e. The maximum absolute atomic E-state index is 12.0. The highest BCUT2D eigenvalue weighted by molar-refractivity contribution is 7.99. The van der Waals surface area contributed by atoms with Crippen LogP contribution < -0.4 is 5.69 Å². The average Bonchev–Trinajstić information content (AvgIpc) is 2.82. The molecule has 0 amide bonds. The predicted octanol–water partition coefficient (Wildman–Crippen LogP) is 1.52. The van der Waals surface area contributed by atoms with Gasteiger partial charge in [-0.1, -0.05) is 30.0 Å². The van der Waals surface area contributed by atoms with E-state index in [0.29, 0.717) is 10.7 Å². The van der Waals surface area contributed by atoms with Gasteiger partial charge in [0.25, 0.3) is 0 Å². The van der Waals surface area contributed by atoms with E-state index in [9.17, 15) is 9.59 Å². The molecule has 0 radical (unpaired) electrons. The first-order chi connectivity index (χ1) is 10.6. The molecule has 0 atom stereocenters. The summed E-state index contributed by atoms with van der Waals surface area (Å²) in [5, 5.41) is 13.5. The molecule has 0 aliphatic rings. The zero-order valence-electron chi connectivity index (χ0n) is 11.4. The van der Waals surface area contributed by atoms with E-state index in [0.717, 1.165) is 9.58 Å². The molecule has 0 bridgehead atoms. The maximum atomic E-state index is 12.0. The first kappa shape index (κ1) is 14.3. The molecule has 8 heteroatoms. The maximum Gasteiger partial charge on any atom is 0.351 e. The second-order valence-electron chi connectivity index (χ2n) is 4.52. The van der Waals surface area contributed by atoms with Crippen LogP contribution in [0.3, 0.4) is 0 Å². The van der Waals surface area contributed by atoms with Crippen molar-refractivity contribution in [1.82, 2.24) is 19.2 Å². The van der Waals surface area contributed by atoms with Crippen molar-refractivity contribution in [2.75, 3.05) is 0 Å². The van der Waals surface area contributed by atoms with Gasteiger partial charge in [0.15, 0.2) is 5.65 Å². The highest BCUT2D eigenvalue weighted by Gasteiger charge is 2.10. The van der Waals surface area contributed by atoms with E-state index in [1.807, 2.05) is 30.3 Å². The summed E-state index contributed by atoms with van der Waals surface area (Å²) in [7, 11) is 0. The fourth-order valence-electron chi connectivity index (χ4n) is 1.92. The summed E-state index contributed by atoms with van der Waals surface area (Å²) in [6.45, 7) is 0.0387. The number of nitrogens with zero attached hydrogens (tertiary/aromatic N) is 4. The zero-order chi connectivity index (χ0) is 15.5. The van der Waals surface area contributed by atoms with Gasteiger partial charge in [0.2, 0.25) is 0 Å². The first-order valence-electron chi connectivity index (χ1n) is 6.53. The lowest BCUT2D eigenvalue weighted by molar-refractivity contribution is -0.137. The molecular formula is C14H12N4O3S. The van der Waals surface area contributed by atoms with Crippen LogP contribution in [0.4, 0.5) is 0 Å². The summed E-state index contributed by atoms with van der Waals surface area (Å²) in [5.41, 5.74) is 0.0591. The molecule has 3 rings (SSSR count). The van der Waals surface area contributed by atoms with Crippen LogP contribution in [0.25, 0.3) is 5.65 Å². The van der Waals surface area contributed by atoms with E-state index in [1.54, 1.807) is 6.07 Å². The van der Waals surface area contributed by atoms with Gasteiger partial charge in [-0.25, -0.2) is 18.9 Å². The molecule has 22 heavy (non-hydrogen) atoms. The van der Waals surface area contributed by atoms with Gasteiger partial charge in [-0.2, -0.15) is 0 Å². The van der Waals surface area contributed by atoms with Gasteiger partial charge in [0.05, 0.1) is 13.0 Å². The standard InChI is InChI=1S/C14H12N4O3S/c19-13(20)6-7-18-14(21)17-9-15-12(8-11(17)16-18)22-10-4-2-1-3-5-10/h1-5,8-9H,6-7H2,(H,19,20). The summed E-state index contributed by atoms with van der Waals surface area (Å²) in [6, 6.07) is 11.4. The molecule has 0 aliphatic carbocycles. The Morgan fingerprint density at radius 2 is 2.05 bits per heavy atom. The molecule has 0 saturated heterocycles. The molecule has 2 heterocycles. The topological polar surface area (TPSA) is 89.5 Å². The van der Waals surface area contributed by atoms with Gasteiger partial charge >= 0.3 is 11.7 Å². The molecule has 1 aromatic carbocycles. The van der Waals surface area contributed by atoms with Crippen LogP contribution in [0.1, 0.15) is 6.42 Å². The minimum atomic E-state index is -0.970. The molecule has 0 unspecified atom stereocenters. The number of hydrogen-bond donors (Lipinski definition) is 1. The second-order valence-corrected chi connectivity index (χ2v) is 5.61. The summed E-state index contributed by atoms with van der Waals surface area (Å²) < 4.78 is 2.44. The van der Waals surface area contributed by atoms with Crippen LogP contribution in [0.5, 0.6) is 0 Å². The Hall–Kier alpha value is -2.61. The van der Waals surface area contributed by atoms with Crippen molar-refractivity contribution in [3.05, 3.63) is 53.2 Å². The number of aryl methyl sites for hydroxylation is 1. The molecule has 0 aliphatic heterocycles. The number of hydrogen-bond acceptors (Lipinski definition) is 5. The zero-order valence-corrected chi connectivity index (χ0v) is 12.2. The van der Waals surface area contributed by atoms with Gasteiger partial charge in [0, 0.05) is 11.0 Å². The Morgan fingerprint density at radius 1 is 1.27 bits per heavy atom. The quantitative estimate of drug-likeness (QED) is 0.718. The van der Waals surface area contributed by atoms with Crippen molar-refractivity contribution in [3.63, 3.8) is 0 Å². The Labute approximate surface area is 129 Å². The SMILES string of the molecule is O=C(O)CCn1nc2cc(Sc3ccccc3)ncn2c1=O. The van der Waals surface area contributed by atoms with Crippen molar-refractivity contribution in [2.45, 2.75) is 22.9 Å². The van der Waals surface area contributed by atoms with Crippen LogP contribution >= 0.6 is 11.8 Å². The Morgan fingerprint density at radius 3 is 2.77 bits per heavy atom. The van der Waals surface area contributed by atoms with Crippen molar-refractivity contribution in [1.29, 1.82) is 0 Å². The van der Waals surface area contributed by atoms with Crippen molar-refractivity contribution in [3.8, 4) is 0 Å². The van der Waals surface area contributed by atoms with Crippen LogP contribution in [0, 0.1) is 0 Å². The van der Waals surface area contributed by atoms with E-state index in [1.165, 1.54) is 22.5 Å². The minimum Gasteiger partial charge on any atom is -0.481 e. The summed E-state index contributed by atoms with van der Waals surface area (Å²) in [4.78, 5) is 27.9. The van der Waals surface area contributed by atoms with Crippen LogP contribution in [0.15, 0.2) is 57.4 Å². The van der Waals surface area contributed by atoms with Crippen LogP contribution in [-0.4, -0.2) is 30.2 Å². The van der Waals surface area contributed by atoms with Crippen molar-refractivity contribution in [2.24, 2.45) is 0 Å². The molecule has 2 aromatic heterocycles. The second kappa shape index (κ2) is 6.02. The molecule has 112 valence electrons. The molecule has 0 fully saturated rings. The lowest BCUT2D eigenvalue weighted by atomic mass is 10.4. The number of fused-ring (bicyclic) bond motifs is 1. The number of aromatic nitrogens is 4. The van der Waals surface area contributed by atoms with Crippen LogP contribution in [-0.2, 0) is 11.3 Å². The van der Waals surface area contributed by atoms with Gasteiger partial charge < -0.3 is 5.11 Å².